The minimum absolute atomic E-state index is 0.184. The zero-order valence-electron chi connectivity index (χ0n) is 11.4. The molecule has 2 heterocycles. The lowest BCUT2D eigenvalue weighted by Crippen LogP contribution is -1.99. The Morgan fingerprint density at radius 3 is 2.67 bits per heavy atom. The minimum atomic E-state index is -0.982. The molecule has 6 heteroatoms. The maximum absolute atomic E-state index is 10.9. The molecule has 6 nitrogen and oxygen atoms in total. The fourth-order valence-corrected chi connectivity index (χ4v) is 2.06. The van der Waals surface area contributed by atoms with Gasteiger partial charge in [-0.25, -0.2) is 14.3 Å². The van der Waals surface area contributed by atoms with Gasteiger partial charge in [-0.1, -0.05) is 12.1 Å². The van der Waals surface area contributed by atoms with E-state index in [0.29, 0.717) is 17.9 Å². The molecule has 0 unspecified atom stereocenters. The number of aromatic carboxylic acids is 1. The molecule has 106 valence electrons. The molecule has 0 amide bonds. The highest BCUT2D eigenvalue weighted by Gasteiger charge is 2.08. The highest BCUT2D eigenvalue weighted by molar-refractivity contribution is 5.87. The molecule has 0 aliphatic carbocycles. The Balaban J connectivity index is 1.88. The van der Waals surface area contributed by atoms with Gasteiger partial charge in [-0.3, -0.25) is 0 Å². The quantitative estimate of drug-likeness (QED) is 0.792. The number of fused-ring (bicyclic) bond motifs is 1. The number of carboxylic acids is 1. The molecule has 0 radical (unpaired) electrons. The third-order valence-electron chi connectivity index (χ3n) is 3.14. The average molecular weight is 283 g/mol. The summed E-state index contributed by atoms with van der Waals surface area (Å²) in [5.41, 5.74) is 1.87. The number of hydrogen-bond acceptors (Lipinski definition) is 4. The van der Waals surface area contributed by atoms with E-state index in [2.05, 4.69) is 10.1 Å². The average Bonchev–Trinajstić information content (AvgIpc) is 2.89. The van der Waals surface area contributed by atoms with Crippen molar-refractivity contribution < 1.29 is 14.6 Å². The van der Waals surface area contributed by atoms with Crippen LogP contribution in [0.2, 0.25) is 0 Å². The van der Waals surface area contributed by atoms with E-state index in [1.165, 1.54) is 16.8 Å². The third-order valence-corrected chi connectivity index (χ3v) is 3.14. The second-order valence-electron chi connectivity index (χ2n) is 4.58. The summed E-state index contributed by atoms with van der Waals surface area (Å²) in [5.74, 6) is 0.458. The van der Waals surface area contributed by atoms with Crippen molar-refractivity contribution >= 4 is 11.6 Å². The van der Waals surface area contributed by atoms with Crippen LogP contribution >= 0.6 is 0 Å². The standard InChI is InChI=1S/C15H13N3O3/c1-21-12-5-2-10(3-6-12)8-13-16-14-7-4-11(15(19)20)9-18(14)17-13/h2-7,9H,8H2,1H3,(H,19,20). The topological polar surface area (TPSA) is 76.7 Å². The largest absolute Gasteiger partial charge is 0.497 e. The Morgan fingerprint density at radius 1 is 1.24 bits per heavy atom. The molecule has 0 aliphatic rings. The fourth-order valence-electron chi connectivity index (χ4n) is 2.06. The van der Waals surface area contributed by atoms with E-state index < -0.39 is 5.97 Å². The van der Waals surface area contributed by atoms with Crippen LogP contribution < -0.4 is 4.74 Å². The van der Waals surface area contributed by atoms with Gasteiger partial charge in [0.15, 0.2) is 11.5 Å². The number of rotatable bonds is 4. The summed E-state index contributed by atoms with van der Waals surface area (Å²) in [7, 11) is 1.62. The van der Waals surface area contributed by atoms with Gasteiger partial charge in [0.1, 0.15) is 5.75 Å². The van der Waals surface area contributed by atoms with Crippen LogP contribution in [0.15, 0.2) is 42.6 Å². The zero-order valence-corrected chi connectivity index (χ0v) is 11.4. The van der Waals surface area contributed by atoms with Crippen molar-refractivity contribution in [2.75, 3.05) is 7.11 Å². The highest BCUT2D eigenvalue weighted by Crippen LogP contribution is 2.14. The SMILES string of the molecule is COc1ccc(Cc2nc3ccc(C(=O)O)cn3n2)cc1. The van der Waals surface area contributed by atoms with Crippen LogP contribution in [0.3, 0.4) is 0 Å². The number of carboxylic acid groups (broad SMARTS) is 1. The highest BCUT2D eigenvalue weighted by atomic mass is 16.5. The van der Waals surface area contributed by atoms with E-state index >= 15 is 0 Å². The van der Waals surface area contributed by atoms with E-state index in [4.69, 9.17) is 9.84 Å². The number of nitrogens with zero attached hydrogens (tertiary/aromatic N) is 3. The molecule has 3 aromatic rings. The van der Waals surface area contributed by atoms with E-state index in [1.54, 1.807) is 13.2 Å². The molecule has 0 fully saturated rings. The Hall–Kier alpha value is -2.89. The van der Waals surface area contributed by atoms with Gasteiger partial charge in [0.25, 0.3) is 0 Å². The number of carbonyl (C=O) groups is 1. The van der Waals surface area contributed by atoms with Gasteiger partial charge in [0.2, 0.25) is 0 Å². The second-order valence-corrected chi connectivity index (χ2v) is 4.58. The molecule has 0 spiro atoms. The summed E-state index contributed by atoms with van der Waals surface area (Å²) >= 11 is 0. The van der Waals surface area contributed by atoms with Crippen molar-refractivity contribution in [2.24, 2.45) is 0 Å². The smallest absolute Gasteiger partial charge is 0.337 e. The molecule has 0 atom stereocenters. The molecular weight excluding hydrogens is 270 g/mol. The van der Waals surface area contributed by atoms with Crippen molar-refractivity contribution in [3.63, 3.8) is 0 Å². The van der Waals surface area contributed by atoms with Crippen molar-refractivity contribution in [1.82, 2.24) is 14.6 Å². The van der Waals surface area contributed by atoms with Gasteiger partial charge in [-0.2, -0.15) is 5.10 Å². The van der Waals surface area contributed by atoms with E-state index in [9.17, 15) is 4.79 Å². The van der Waals surface area contributed by atoms with Crippen LogP contribution in [-0.2, 0) is 6.42 Å². The lowest BCUT2D eigenvalue weighted by atomic mass is 10.1. The molecule has 0 bridgehead atoms. The van der Waals surface area contributed by atoms with Gasteiger partial charge >= 0.3 is 5.97 Å². The number of hydrogen-bond donors (Lipinski definition) is 1. The van der Waals surface area contributed by atoms with E-state index in [1.807, 2.05) is 24.3 Å². The summed E-state index contributed by atoms with van der Waals surface area (Å²) in [5, 5.41) is 13.3. The summed E-state index contributed by atoms with van der Waals surface area (Å²) in [6.07, 6.45) is 2.04. The van der Waals surface area contributed by atoms with Gasteiger partial charge in [-0.15, -0.1) is 0 Å². The zero-order chi connectivity index (χ0) is 14.8. The summed E-state index contributed by atoms with van der Waals surface area (Å²) in [6, 6.07) is 10.8. The van der Waals surface area contributed by atoms with Gasteiger partial charge in [0.05, 0.1) is 12.7 Å². The predicted molar refractivity (Wildman–Crippen MR) is 75.7 cm³/mol. The third kappa shape index (κ3) is 2.69. The first-order valence-electron chi connectivity index (χ1n) is 6.37. The number of aromatic nitrogens is 3. The van der Waals surface area contributed by atoms with Crippen LogP contribution in [0.4, 0.5) is 0 Å². The van der Waals surface area contributed by atoms with Crippen LogP contribution in [0, 0.1) is 0 Å². The Kier molecular flexibility index (Phi) is 3.27. The Labute approximate surface area is 120 Å². The lowest BCUT2D eigenvalue weighted by molar-refractivity contribution is 0.0696. The van der Waals surface area contributed by atoms with Crippen molar-refractivity contribution in [3.8, 4) is 5.75 Å². The Bertz CT molecular complexity index is 794. The number of pyridine rings is 1. The summed E-state index contributed by atoms with van der Waals surface area (Å²) in [6.45, 7) is 0. The molecule has 0 saturated heterocycles. The van der Waals surface area contributed by atoms with Crippen LogP contribution in [0.25, 0.3) is 5.65 Å². The molecule has 1 N–H and O–H groups in total. The van der Waals surface area contributed by atoms with E-state index in [-0.39, 0.29) is 5.56 Å². The second kappa shape index (κ2) is 5.24. The molecule has 0 aliphatic heterocycles. The fraction of sp³-hybridized carbons (Fsp3) is 0.133. The first kappa shape index (κ1) is 13.1. The number of methoxy groups -OCH3 is 1. The molecule has 2 aromatic heterocycles. The maximum Gasteiger partial charge on any atom is 0.337 e. The number of ether oxygens (including phenoxy) is 1. The predicted octanol–water partition coefficient (Wildman–Crippen LogP) is 2.03. The molecule has 1 aromatic carbocycles. The van der Waals surface area contributed by atoms with Gasteiger partial charge in [-0.05, 0) is 29.8 Å². The molecule has 0 saturated carbocycles. The van der Waals surface area contributed by atoms with Crippen LogP contribution in [0.5, 0.6) is 5.75 Å². The maximum atomic E-state index is 10.9. The lowest BCUT2D eigenvalue weighted by Gasteiger charge is -2.00. The van der Waals surface area contributed by atoms with Gasteiger partial charge in [0, 0.05) is 12.6 Å². The van der Waals surface area contributed by atoms with E-state index in [0.717, 1.165) is 11.3 Å². The molecule has 21 heavy (non-hydrogen) atoms. The summed E-state index contributed by atoms with van der Waals surface area (Å²) in [4.78, 5) is 15.3. The first-order valence-corrected chi connectivity index (χ1v) is 6.37. The van der Waals surface area contributed by atoms with Crippen molar-refractivity contribution in [3.05, 3.63) is 59.5 Å². The molecular formula is C15H13N3O3. The van der Waals surface area contributed by atoms with Crippen molar-refractivity contribution in [1.29, 1.82) is 0 Å². The van der Waals surface area contributed by atoms with Crippen LogP contribution in [0.1, 0.15) is 21.7 Å². The Morgan fingerprint density at radius 2 is 2.00 bits per heavy atom. The first-order chi connectivity index (χ1) is 10.2. The minimum Gasteiger partial charge on any atom is -0.497 e. The summed E-state index contributed by atoms with van der Waals surface area (Å²) < 4.78 is 6.60. The van der Waals surface area contributed by atoms with Crippen molar-refractivity contribution in [2.45, 2.75) is 6.42 Å². The van der Waals surface area contributed by atoms with Gasteiger partial charge < -0.3 is 9.84 Å². The normalized spacial score (nSPS) is 10.7. The molecule has 3 rings (SSSR count). The monoisotopic (exact) mass is 283 g/mol. The number of benzene rings is 1. The van der Waals surface area contributed by atoms with Crippen LogP contribution in [-0.4, -0.2) is 32.8 Å².